The third kappa shape index (κ3) is 4.84. The van der Waals surface area contributed by atoms with Crippen LogP contribution in [0.2, 0.25) is 5.02 Å². The molecule has 3 aromatic rings. The van der Waals surface area contributed by atoms with Gasteiger partial charge in [0, 0.05) is 18.7 Å². The number of carbonyl (C=O) groups excluding carboxylic acids is 1. The quantitative estimate of drug-likeness (QED) is 0.627. The Morgan fingerprint density at radius 2 is 2.16 bits per heavy atom. The summed E-state index contributed by atoms with van der Waals surface area (Å²) in [6.07, 6.45) is 2.67. The molecule has 0 aliphatic heterocycles. The lowest BCUT2D eigenvalue weighted by atomic mass is 10.2. The second kappa shape index (κ2) is 8.69. The number of H-pyrrole nitrogens is 1. The molecule has 1 aromatic carbocycles. The molecule has 0 fully saturated rings. The average molecular weight is 376 g/mol. The highest BCUT2D eigenvalue weighted by Gasteiger charge is 2.10. The van der Waals surface area contributed by atoms with Gasteiger partial charge >= 0.3 is 0 Å². The summed E-state index contributed by atoms with van der Waals surface area (Å²) in [5.74, 6) is 0.541. The van der Waals surface area contributed by atoms with Crippen molar-refractivity contribution in [2.75, 3.05) is 13.2 Å². The lowest BCUT2D eigenvalue weighted by Crippen LogP contribution is -2.27. The van der Waals surface area contributed by atoms with Crippen LogP contribution in [-0.2, 0) is 11.2 Å². The van der Waals surface area contributed by atoms with Crippen molar-refractivity contribution >= 4 is 28.8 Å². The Morgan fingerprint density at radius 3 is 2.96 bits per heavy atom. The van der Waals surface area contributed by atoms with Gasteiger partial charge in [0.15, 0.2) is 0 Å². The smallest absolute Gasteiger partial charge is 0.223 e. The normalized spacial score (nSPS) is 10.6. The van der Waals surface area contributed by atoms with E-state index < -0.39 is 0 Å². The van der Waals surface area contributed by atoms with E-state index in [1.807, 2.05) is 29.6 Å². The summed E-state index contributed by atoms with van der Waals surface area (Å²) < 4.78 is 5.52. The lowest BCUT2D eigenvalue weighted by molar-refractivity contribution is -0.121. The number of imidazole rings is 1. The zero-order valence-electron chi connectivity index (χ0n) is 13.5. The monoisotopic (exact) mass is 375 g/mol. The van der Waals surface area contributed by atoms with Crippen LogP contribution < -0.4 is 10.1 Å². The molecule has 2 N–H and O–H groups in total. The predicted octanol–water partition coefficient (Wildman–Crippen LogP) is 3.92. The molecular weight excluding hydrogens is 358 g/mol. The first-order chi connectivity index (χ1) is 12.2. The number of halogens is 1. The Labute approximate surface area is 155 Å². The van der Waals surface area contributed by atoms with Gasteiger partial charge in [0.1, 0.15) is 11.4 Å². The molecule has 2 heterocycles. The van der Waals surface area contributed by atoms with Crippen LogP contribution in [0.25, 0.3) is 10.6 Å². The Bertz CT molecular complexity index is 817. The van der Waals surface area contributed by atoms with Gasteiger partial charge in [-0.05, 0) is 23.6 Å². The molecule has 0 unspecified atom stereocenters. The lowest BCUT2D eigenvalue weighted by Gasteiger charge is -2.08. The van der Waals surface area contributed by atoms with Crippen molar-refractivity contribution in [1.82, 2.24) is 15.3 Å². The highest BCUT2D eigenvalue weighted by atomic mass is 35.5. The van der Waals surface area contributed by atoms with E-state index in [9.17, 15) is 4.79 Å². The van der Waals surface area contributed by atoms with Crippen molar-refractivity contribution in [1.29, 1.82) is 0 Å². The summed E-state index contributed by atoms with van der Waals surface area (Å²) in [6.45, 7) is 0.839. The summed E-state index contributed by atoms with van der Waals surface area (Å²) >= 11 is 7.65. The molecule has 0 radical (unpaired) electrons. The molecular formula is C18H18ClN3O2S. The van der Waals surface area contributed by atoms with Crippen LogP contribution in [0, 0.1) is 0 Å². The summed E-state index contributed by atoms with van der Waals surface area (Å²) in [5, 5.41) is 5.47. The van der Waals surface area contributed by atoms with Gasteiger partial charge in [-0.3, -0.25) is 4.79 Å². The van der Waals surface area contributed by atoms with Crippen molar-refractivity contribution in [3.8, 4) is 16.3 Å². The van der Waals surface area contributed by atoms with Crippen molar-refractivity contribution in [2.24, 2.45) is 0 Å². The van der Waals surface area contributed by atoms with Gasteiger partial charge in [-0.2, -0.15) is 0 Å². The zero-order chi connectivity index (χ0) is 17.5. The van der Waals surface area contributed by atoms with Gasteiger partial charge in [-0.25, -0.2) is 4.98 Å². The van der Waals surface area contributed by atoms with E-state index in [-0.39, 0.29) is 12.3 Å². The number of ether oxygens (including phenoxy) is 1. The molecule has 0 atom stereocenters. The number of aromatic nitrogens is 2. The number of carbonyl (C=O) groups is 1. The zero-order valence-corrected chi connectivity index (χ0v) is 15.1. The van der Waals surface area contributed by atoms with Gasteiger partial charge in [-0.15, -0.1) is 11.3 Å². The van der Waals surface area contributed by atoms with E-state index in [0.717, 1.165) is 16.3 Å². The van der Waals surface area contributed by atoms with Crippen LogP contribution in [0.5, 0.6) is 5.75 Å². The molecule has 2 aromatic heterocycles. The molecule has 0 aliphatic rings. The van der Waals surface area contributed by atoms with E-state index in [1.54, 1.807) is 29.8 Å². The maximum Gasteiger partial charge on any atom is 0.223 e. The van der Waals surface area contributed by atoms with Gasteiger partial charge in [0.2, 0.25) is 5.91 Å². The SMILES string of the molecule is O=C(CCOc1ccccc1Cl)NCCc1[nH]cnc1-c1cccs1. The Balaban J connectivity index is 1.40. The van der Waals surface area contributed by atoms with Crippen molar-refractivity contribution < 1.29 is 9.53 Å². The van der Waals surface area contributed by atoms with Crippen LogP contribution in [-0.4, -0.2) is 29.0 Å². The molecule has 1 amide bonds. The predicted molar refractivity (Wildman–Crippen MR) is 100 cm³/mol. The van der Waals surface area contributed by atoms with E-state index in [1.165, 1.54) is 0 Å². The third-order valence-electron chi connectivity index (χ3n) is 3.59. The van der Waals surface area contributed by atoms with Crippen molar-refractivity contribution in [3.05, 3.63) is 58.8 Å². The molecule has 3 rings (SSSR count). The number of aromatic amines is 1. The number of benzene rings is 1. The van der Waals surface area contributed by atoms with E-state index in [0.29, 0.717) is 30.3 Å². The molecule has 25 heavy (non-hydrogen) atoms. The summed E-state index contributed by atoms with van der Waals surface area (Å²) in [7, 11) is 0. The van der Waals surface area contributed by atoms with Crippen LogP contribution in [0.4, 0.5) is 0 Å². The first-order valence-electron chi connectivity index (χ1n) is 7.94. The van der Waals surface area contributed by atoms with Gasteiger partial charge in [0.05, 0.1) is 29.3 Å². The standard InChI is InChI=1S/C18H18ClN3O2S/c19-13-4-1-2-5-15(13)24-10-8-17(23)20-9-7-14-18(22-12-21-14)16-6-3-11-25-16/h1-6,11-12H,7-10H2,(H,20,23)(H,21,22). The third-order valence-corrected chi connectivity index (χ3v) is 4.78. The van der Waals surface area contributed by atoms with E-state index in [2.05, 4.69) is 15.3 Å². The topological polar surface area (TPSA) is 67.0 Å². The number of thiophene rings is 1. The number of para-hydroxylation sites is 1. The van der Waals surface area contributed by atoms with E-state index >= 15 is 0 Å². The molecule has 0 saturated heterocycles. The Morgan fingerprint density at radius 1 is 1.28 bits per heavy atom. The number of hydrogen-bond acceptors (Lipinski definition) is 4. The first-order valence-corrected chi connectivity index (χ1v) is 9.20. The summed E-state index contributed by atoms with van der Waals surface area (Å²) in [5.41, 5.74) is 1.97. The minimum Gasteiger partial charge on any atom is -0.491 e. The number of nitrogens with one attached hydrogen (secondary N) is 2. The Hall–Kier alpha value is -2.31. The Kier molecular flexibility index (Phi) is 6.09. The van der Waals surface area contributed by atoms with Crippen molar-refractivity contribution in [2.45, 2.75) is 12.8 Å². The fourth-order valence-corrected chi connectivity index (χ4v) is 3.31. The largest absolute Gasteiger partial charge is 0.491 e. The first kappa shape index (κ1) is 17.5. The van der Waals surface area contributed by atoms with Gasteiger partial charge in [-0.1, -0.05) is 29.8 Å². The highest BCUT2D eigenvalue weighted by molar-refractivity contribution is 7.13. The maximum atomic E-state index is 11.9. The summed E-state index contributed by atoms with van der Waals surface area (Å²) in [4.78, 5) is 20.5. The van der Waals surface area contributed by atoms with Crippen LogP contribution in [0.1, 0.15) is 12.1 Å². The maximum absolute atomic E-state index is 11.9. The number of amides is 1. The number of rotatable bonds is 8. The van der Waals surface area contributed by atoms with Gasteiger partial charge < -0.3 is 15.0 Å². The minimum atomic E-state index is -0.0516. The highest BCUT2D eigenvalue weighted by Crippen LogP contribution is 2.25. The minimum absolute atomic E-state index is 0.0516. The van der Waals surface area contributed by atoms with Crippen LogP contribution in [0.3, 0.4) is 0 Å². The molecule has 0 bridgehead atoms. The van der Waals surface area contributed by atoms with Crippen LogP contribution >= 0.6 is 22.9 Å². The second-order valence-corrected chi connectivity index (χ2v) is 6.69. The van der Waals surface area contributed by atoms with Crippen LogP contribution in [0.15, 0.2) is 48.1 Å². The molecule has 130 valence electrons. The van der Waals surface area contributed by atoms with Crippen molar-refractivity contribution in [3.63, 3.8) is 0 Å². The van der Waals surface area contributed by atoms with E-state index in [4.69, 9.17) is 16.3 Å². The average Bonchev–Trinajstić information content (AvgIpc) is 3.27. The molecule has 0 saturated carbocycles. The number of nitrogens with zero attached hydrogens (tertiary/aromatic N) is 1. The molecule has 7 heteroatoms. The fraction of sp³-hybridized carbons (Fsp3) is 0.222. The fourth-order valence-electron chi connectivity index (χ4n) is 2.37. The second-order valence-electron chi connectivity index (χ2n) is 5.34. The summed E-state index contributed by atoms with van der Waals surface area (Å²) in [6, 6.07) is 11.3. The number of hydrogen-bond donors (Lipinski definition) is 2. The van der Waals surface area contributed by atoms with Gasteiger partial charge in [0.25, 0.3) is 0 Å². The molecule has 0 aliphatic carbocycles. The molecule has 5 nitrogen and oxygen atoms in total. The molecule has 0 spiro atoms.